The van der Waals surface area contributed by atoms with Crippen molar-refractivity contribution in [2.45, 2.75) is 12.7 Å². The number of carbonyl (C=O) groups excluding carboxylic acids is 1. The molecule has 0 radical (unpaired) electrons. The molecule has 1 heterocycles. The van der Waals surface area contributed by atoms with Gasteiger partial charge < -0.3 is 4.42 Å². The number of hydrogen-bond donors (Lipinski definition) is 0. The van der Waals surface area contributed by atoms with E-state index in [9.17, 15) is 4.79 Å². The van der Waals surface area contributed by atoms with Crippen LogP contribution in [0, 0.1) is 6.92 Å². The number of thioether (sulfide) groups is 1. The molecule has 0 aliphatic heterocycles. The molecule has 0 bridgehead atoms. The van der Waals surface area contributed by atoms with Gasteiger partial charge in [0.15, 0.2) is 5.76 Å². The lowest BCUT2D eigenvalue weighted by molar-refractivity contribution is 0.0992. The molecule has 0 spiro atoms. The Labute approximate surface area is 105 Å². The maximum absolute atomic E-state index is 11.6. The maximum Gasteiger partial charge on any atom is 0.207 e. The first-order valence-electron chi connectivity index (χ1n) is 5.46. The quantitative estimate of drug-likeness (QED) is 0.753. The van der Waals surface area contributed by atoms with E-state index < -0.39 is 0 Å². The number of furan rings is 1. The smallest absolute Gasteiger partial charge is 0.207 e. The third kappa shape index (κ3) is 3.49. The highest BCUT2D eigenvalue weighted by Gasteiger charge is 2.08. The molecule has 2 rings (SSSR count). The molecule has 1 aromatic heterocycles. The van der Waals surface area contributed by atoms with Crippen LogP contribution in [0.3, 0.4) is 0 Å². The van der Waals surface area contributed by atoms with Gasteiger partial charge in [0, 0.05) is 5.75 Å². The summed E-state index contributed by atoms with van der Waals surface area (Å²) in [5, 5.41) is 0. The number of Topliss-reactive ketones (excluding diaryl/α,β-unsaturated/α-hetero) is 1. The van der Waals surface area contributed by atoms with Gasteiger partial charge in [-0.05, 0) is 24.6 Å². The van der Waals surface area contributed by atoms with Crippen molar-refractivity contribution in [3.05, 3.63) is 59.5 Å². The van der Waals surface area contributed by atoms with Crippen LogP contribution in [-0.2, 0) is 5.75 Å². The van der Waals surface area contributed by atoms with E-state index in [0.717, 1.165) is 5.75 Å². The molecule has 0 unspecified atom stereocenters. The maximum atomic E-state index is 11.6. The Balaban J connectivity index is 1.82. The topological polar surface area (TPSA) is 30.2 Å². The van der Waals surface area contributed by atoms with Gasteiger partial charge in [-0.3, -0.25) is 4.79 Å². The van der Waals surface area contributed by atoms with Crippen LogP contribution in [0.5, 0.6) is 0 Å². The van der Waals surface area contributed by atoms with Gasteiger partial charge in [0.2, 0.25) is 5.78 Å². The van der Waals surface area contributed by atoms with Crippen molar-refractivity contribution in [2.75, 3.05) is 5.75 Å². The molecule has 0 fully saturated rings. The number of hydrogen-bond acceptors (Lipinski definition) is 3. The fraction of sp³-hybridized carbons (Fsp3) is 0.214. The number of rotatable bonds is 5. The van der Waals surface area contributed by atoms with E-state index in [2.05, 4.69) is 25.1 Å². The predicted molar refractivity (Wildman–Crippen MR) is 70.4 cm³/mol. The largest absolute Gasteiger partial charge is 0.461 e. The van der Waals surface area contributed by atoms with E-state index in [1.807, 2.05) is 6.07 Å². The summed E-state index contributed by atoms with van der Waals surface area (Å²) in [7, 11) is 0. The van der Waals surface area contributed by atoms with Crippen molar-refractivity contribution in [3.8, 4) is 0 Å². The first-order chi connectivity index (χ1) is 8.25. The monoisotopic (exact) mass is 246 g/mol. The Bertz CT molecular complexity index is 489. The standard InChI is InChI=1S/C14H14O2S/c1-11-4-2-5-12(8-11)9-17-10-13(15)14-6-3-7-16-14/h2-8H,9-10H2,1H3. The molecule has 2 nitrogen and oxygen atoms in total. The van der Waals surface area contributed by atoms with Gasteiger partial charge >= 0.3 is 0 Å². The zero-order valence-electron chi connectivity index (χ0n) is 9.68. The summed E-state index contributed by atoms with van der Waals surface area (Å²) in [6.07, 6.45) is 1.53. The van der Waals surface area contributed by atoms with Crippen LogP contribution in [0.1, 0.15) is 21.7 Å². The number of ketones is 1. The highest BCUT2D eigenvalue weighted by molar-refractivity contribution is 7.99. The molecule has 0 amide bonds. The molecule has 0 saturated heterocycles. The third-order valence-electron chi connectivity index (χ3n) is 2.38. The zero-order chi connectivity index (χ0) is 12.1. The molecule has 0 saturated carbocycles. The zero-order valence-corrected chi connectivity index (χ0v) is 10.5. The van der Waals surface area contributed by atoms with Gasteiger partial charge in [-0.1, -0.05) is 29.8 Å². The lowest BCUT2D eigenvalue weighted by Gasteiger charge is -2.01. The van der Waals surface area contributed by atoms with Crippen molar-refractivity contribution in [2.24, 2.45) is 0 Å². The second-order valence-electron chi connectivity index (χ2n) is 3.88. The van der Waals surface area contributed by atoms with Crippen molar-refractivity contribution >= 4 is 17.5 Å². The summed E-state index contributed by atoms with van der Waals surface area (Å²) in [6.45, 7) is 2.07. The Hall–Kier alpha value is -1.48. The molecule has 1 aromatic carbocycles. The molecule has 17 heavy (non-hydrogen) atoms. The summed E-state index contributed by atoms with van der Waals surface area (Å²) in [5.41, 5.74) is 2.50. The summed E-state index contributed by atoms with van der Waals surface area (Å²) >= 11 is 1.61. The van der Waals surface area contributed by atoms with Crippen molar-refractivity contribution < 1.29 is 9.21 Å². The van der Waals surface area contributed by atoms with Crippen molar-refractivity contribution in [3.63, 3.8) is 0 Å². The summed E-state index contributed by atoms with van der Waals surface area (Å²) in [5.74, 6) is 1.81. The van der Waals surface area contributed by atoms with Gasteiger partial charge in [-0.25, -0.2) is 0 Å². The van der Waals surface area contributed by atoms with E-state index in [0.29, 0.717) is 11.5 Å². The molecule has 0 N–H and O–H groups in total. The van der Waals surface area contributed by atoms with E-state index in [4.69, 9.17) is 4.42 Å². The lowest BCUT2D eigenvalue weighted by Crippen LogP contribution is -2.00. The van der Waals surface area contributed by atoms with E-state index in [-0.39, 0.29) is 5.78 Å². The number of carbonyl (C=O) groups is 1. The number of benzene rings is 1. The van der Waals surface area contributed by atoms with E-state index in [1.54, 1.807) is 23.9 Å². The molecule has 0 atom stereocenters. The second-order valence-corrected chi connectivity index (χ2v) is 4.87. The Morgan fingerprint density at radius 2 is 2.18 bits per heavy atom. The summed E-state index contributed by atoms with van der Waals surface area (Å²) in [4.78, 5) is 11.6. The first-order valence-corrected chi connectivity index (χ1v) is 6.61. The van der Waals surface area contributed by atoms with Gasteiger partial charge in [-0.15, -0.1) is 11.8 Å². The molecule has 2 aromatic rings. The Morgan fingerprint density at radius 1 is 1.29 bits per heavy atom. The van der Waals surface area contributed by atoms with Gasteiger partial charge in [-0.2, -0.15) is 0 Å². The molecule has 0 aliphatic carbocycles. The third-order valence-corrected chi connectivity index (χ3v) is 3.38. The minimum atomic E-state index is 0.0488. The molecule has 0 aliphatic rings. The Morgan fingerprint density at radius 3 is 2.88 bits per heavy atom. The summed E-state index contributed by atoms with van der Waals surface area (Å²) in [6, 6.07) is 11.8. The highest BCUT2D eigenvalue weighted by atomic mass is 32.2. The fourth-order valence-corrected chi connectivity index (χ4v) is 2.42. The van der Waals surface area contributed by atoms with E-state index in [1.165, 1.54) is 17.4 Å². The lowest BCUT2D eigenvalue weighted by atomic mass is 10.2. The van der Waals surface area contributed by atoms with Gasteiger partial charge in [0.05, 0.1) is 12.0 Å². The van der Waals surface area contributed by atoms with Crippen LogP contribution in [0.25, 0.3) is 0 Å². The average molecular weight is 246 g/mol. The van der Waals surface area contributed by atoms with Crippen LogP contribution >= 0.6 is 11.8 Å². The summed E-state index contributed by atoms with van der Waals surface area (Å²) < 4.78 is 5.05. The molecular weight excluding hydrogens is 232 g/mol. The minimum absolute atomic E-state index is 0.0488. The highest BCUT2D eigenvalue weighted by Crippen LogP contribution is 2.15. The molecule has 3 heteroatoms. The predicted octanol–water partition coefficient (Wildman–Crippen LogP) is 3.70. The molecule has 88 valence electrons. The van der Waals surface area contributed by atoms with Crippen molar-refractivity contribution in [1.29, 1.82) is 0 Å². The average Bonchev–Trinajstić information content (AvgIpc) is 2.82. The Kier molecular flexibility index (Phi) is 4.04. The van der Waals surface area contributed by atoms with Crippen LogP contribution in [0.15, 0.2) is 47.1 Å². The molecular formula is C14H14O2S. The van der Waals surface area contributed by atoms with Crippen LogP contribution in [0.2, 0.25) is 0 Å². The first kappa shape index (κ1) is 12.0. The van der Waals surface area contributed by atoms with Crippen LogP contribution in [0.4, 0.5) is 0 Å². The minimum Gasteiger partial charge on any atom is -0.461 e. The van der Waals surface area contributed by atoms with Crippen LogP contribution < -0.4 is 0 Å². The normalized spacial score (nSPS) is 10.4. The number of aryl methyl sites for hydroxylation is 1. The van der Waals surface area contributed by atoms with Gasteiger partial charge in [0.1, 0.15) is 0 Å². The van der Waals surface area contributed by atoms with Gasteiger partial charge in [0.25, 0.3) is 0 Å². The SMILES string of the molecule is Cc1cccc(CSCC(=O)c2ccco2)c1. The van der Waals surface area contributed by atoms with Crippen molar-refractivity contribution in [1.82, 2.24) is 0 Å². The fourth-order valence-electron chi connectivity index (χ4n) is 1.57. The van der Waals surface area contributed by atoms with Crippen LogP contribution in [-0.4, -0.2) is 11.5 Å². The second kappa shape index (κ2) is 5.73. The van der Waals surface area contributed by atoms with E-state index >= 15 is 0 Å².